The van der Waals surface area contributed by atoms with Crippen LogP contribution >= 0.6 is 0 Å². The molecule has 0 atom stereocenters. The van der Waals surface area contributed by atoms with E-state index < -0.39 is 0 Å². The minimum Gasteiger partial charge on any atom is -0.493 e. The van der Waals surface area contributed by atoms with Crippen molar-refractivity contribution in [3.8, 4) is 11.5 Å². The summed E-state index contributed by atoms with van der Waals surface area (Å²) in [6.45, 7) is 6.58. The first-order chi connectivity index (χ1) is 12.0. The summed E-state index contributed by atoms with van der Waals surface area (Å²) in [5.74, 6) is 1.35. The normalized spacial score (nSPS) is 15.2. The van der Waals surface area contributed by atoms with Crippen LogP contribution in [0.3, 0.4) is 0 Å². The van der Waals surface area contributed by atoms with Crippen LogP contribution in [0, 0.1) is 0 Å². The number of hydrogen-bond acceptors (Lipinski definition) is 4. The van der Waals surface area contributed by atoms with Crippen molar-refractivity contribution < 1.29 is 19.1 Å². The zero-order valence-electron chi connectivity index (χ0n) is 15.2. The fourth-order valence-corrected chi connectivity index (χ4v) is 2.79. The second kappa shape index (κ2) is 9.11. The molecule has 1 saturated heterocycles. The number of benzene rings is 1. The predicted octanol–water partition coefficient (Wildman–Crippen LogP) is 2.19. The molecule has 0 saturated carbocycles. The zero-order valence-corrected chi connectivity index (χ0v) is 15.2. The van der Waals surface area contributed by atoms with E-state index in [9.17, 15) is 9.59 Å². The Morgan fingerprint density at radius 2 is 1.84 bits per heavy atom. The molecule has 1 heterocycles. The number of ether oxygens (including phenoxy) is 2. The van der Waals surface area contributed by atoms with Gasteiger partial charge in [0.15, 0.2) is 11.5 Å². The highest BCUT2D eigenvalue weighted by molar-refractivity contribution is 5.92. The van der Waals surface area contributed by atoms with E-state index in [1.165, 1.54) is 0 Å². The number of nitrogens with zero attached hydrogens (tertiary/aromatic N) is 2. The quantitative estimate of drug-likeness (QED) is 0.767. The Kier molecular flexibility index (Phi) is 6.86. The van der Waals surface area contributed by atoms with Gasteiger partial charge in [-0.2, -0.15) is 0 Å². The molecule has 0 unspecified atom stereocenters. The molecule has 1 aromatic carbocycles. The van der Waals surface area contributed by atoms with Crippen LogP contribution in [-0.4, -0.2) is 61.5 Å². The summed E-state index contributed by atoms with van der Waals surface area (Å²) in [4.78, 5) is 27.4. The first-order valence-electron chi connectivity index (χ1n) is 8.58. The van der Waals surface area contributed by atoms with E-state index in [4.69, 9.17) is 9.47 Å². The third-order valence-corrected chi connectivity index (χ3v) is 4.16. The standard InChI is InChI=1S/C19H26N2O4/c1-4-25-17-8-6-16(14-18(17)24-3)7-9-19(23)21-11-5-10-20(12-13-21)15(2)22/h6-9,14H,4-5,10-13H2,1-3H3/b9-7+. The first kappa shape index (κ1) is 18.8. The van der Waals surface area contributed by atoms with E-state index in [-0.39, 0.29) is 11.8 Å². The summed E-state index contributed by atoms with van der Waals surface area (Å²) >= 11 is 0. The molecule has 0 radical (unpaired) electrons. The molecule has 1 aliphatic heterocycles. The maximum absolute atomic E-state index is 12.4. The van der Waals surface area contributed by atoms with Crippen molar-refractivity contribution in [2.75, 3.05) is 39.9 Å². The maximum Gasteiger partial charge on any atom is 0.246 e. The first-order valence-corrected chi connectivity index (χ1v) is 8.58. The molecule has 136 valence electrons. The lowest BCUT2D eigenvalue weighted by Crippen LogP contribution is -2.35. The van der Waals surface area contributed by atoms with Crippen molar-refractivity contribution in [2.24, 2.45) is 0 Å². The van der Waals surface area contributed by atoms with Gasteiger partial charge < -0.3 is 19.3 Å². The number of carbonyl (C=O) groups is 2. The summed E-state index contributed by atoms with van der Waals surface area (Å²) in [5.41, 5.74) is 0.869. The van der Waals surface area contributed by atoms with Crippen molar-refractivity contribution in [3.05, 3.63) is 29.8 Å². The van der Waals surface area contributed by atoms with Crippen LogP contribution in [0.1, 0.15) is 25.8 Å². The molecule has 0 aromatic heterocycles. The lowest BCUT2D eigenvalue weighted by molar-refractivity contribution is -0.130. The van der Waals surface area contributed by atoms with E-state index in [2.05, 4.69) is 0 Å². The van der Waals surface area contributed by atoms with Crippen LogP contribution in [0.15, 0.2) is 24.3 Å². The fraction of sp³-hybridized carbons (Fsp3) is 0.474. The Bertz CT molecular complexity index is 642. The van der Waals surface area contributed by atoms with Gasteiger partial charge in [-0.25, -0.2) is 0 Å². The van der Waals surface area contributed by atoms with Crippen LogP contribution in [0.25, 0.3) is 6.08 Å². The van der Waals surface area contributed by atoms with Gasteiger partial charge in [0.2, 0.25) is 11.8 Å². The van der Waals surface area contributed by atoms with Crippen molar-refractivity contribution in [1.29, 1.82) is 0 Å². The van der Waals surface area contributed by atoms with Crippen molar-refractivity contribution in [3.63, 3.8) is 0 Å². The molecule has 0 spiro atoms. The average molecular weight is 346 g/mol. The Morgan fingerprint density at radius 1 is 1.12 bits per heavy atom. The largest absolute Gasteiger partial charge is 0.493 e. The Labute approximate surface area is 149 Å². The highest BCUT2D eigenvalue weighted by atomic mass is 16.5. The van der Waals surface area contributed by atoms with E-state index in [0.29, 0.717) is 44.3 Å². The SMILES string of the molecule is CCOc1ccc(/C=C/C(=O)N2CCCN(C(C)=O)CC2)cc1OC. The molecule has 1 aliphatic rings. The molecular weight excluding hydrogens is 320 g/mol. The molecule has 0 aliphatic carbocycles. The van der Waals surface area contributed by atoms with E-state index >= 15 is 0 Å². The minimum atomic E-state index is -0.0433. The topological polar surface area (TPSA) is 59.1 Å². The van der Waals surface area contributed by atoms with Crippen LogP contribution in [0.2, 0.25) is 0 Å². The fourth-order valence-electron chi connectivity index (χ4n) is 2.79. The van der Waals surface area contributed by atoms with Crippen molar-refractivity contribution in [1.82, 2.24) is 9.80 Å². The molecule has 2 amide bonds. The van der Waals surface area contributed by atoms with Gasteiger partial charge in [0.25, 0.3) is 0 Å². The Balaban J connectivity index is 2.01. The second-order valence-corrected chi connectivity index (χ2v) is 5.86. The number of rotatable bonds is 5. The van der Waals surface area contributed by atoms with Crippen LogP contribution < -0.4 is 9.47 Å². The van der Waals surface area contributed by atoms with Crippen molar-refractivity contribution in [2.45, 2.75) is 20.3 Å². The Hall–Kier alpha value is -2.50. The molecule has 1 fully saturated rings. The third kappa shape index (κ3) is 5.24. The Morgan fingerprint density at radius 3 is 2.52 bits per heavy atom. The molecule has 6 nitrogen and oxygen atoms in total. The lowest BCUT2D eigenvalue weighted by Gasteiger charge is -2.20. The summed E-state index contributed by atoms with van der Waals surface area (Å²) in [5, 5.41) is 0. The van der Waals surface area contributed by atoms with Gasteiger partial charge in [0, 0.05) is 39.2 Å². The number of hydrogen-bond donors (Lipinski definition) is 0. The van der Waals surface area contributed by atoms with Gasteiger partial charge in [-0.15, -0.1) is 0 Å². The zero-order chi connectivity index (χ0) is 18.2. The van der Waals surface area contributed by atoms with Gasteiger partial charge in [-0.05, 0) is 37.1 Å². The lowest BCUT2D eigenvalue weighted by atomic mass is 10.2. The summed E-state index contributed by atoms with van der Waals surface area (Å²) in [6.07, 6.45) is 4.14. The van der Waals surface area contributed by atoms with E-state index in [1.54, 1.807) is 36.0 Å². The summed E-state index contributed by atoms with van der Waals surface area (Å²) in [7, 11) is 1.59. The van der Waals surface area contributed by atoms with E-state index in [0.717, 1.165) is 12.0 Å². The molecular formula is C19H26N2O4. The highest BCUT2D eigenvalue weighted by Gasteiger charge is 2.18. The van der Waals surface area contributed by atoms with Gasteiger partial charge in [0.1, 0.15) is 0 Å². The third-order valence-electron chi connectivity index (χ3n) is 4.16. The highest BCUT2D eigenvalue weighted by Crippen LogP contribution is 2.28. The second-order valence-electron chi connectivity index (χ2n) is 5.86. The average Bonchev–Trinajstić information content (AvgIpc) is 2.87. The van der Waals surface area contributed by atoms with Crippen molar-refractivity contribution >= 4 is 17.9 Å². The maximum atomic E-state index is 12.4. The van der Waals surface area contributed by atoms with Gasteiger partial charge >= 0.3 is 0 Å². The summed E-state index contributed by atoms with van der Waals surface area (Å²) in [6, 6.07) is 5.56. The predicted molar refractivity (Wildman–Crippen MR) is 96.6 cm³/mol. The van der Waals surface area contributed by atoms with Gasteiger partial charge in [0.05, 0.1) is 13.7 Å². The number of carbonyl (C=O) groups excluding carboxylic acids is 2. The number of amides is 2. The van der Waals surface area contributed by atoms with Gasteiger partial charge in [-0.3, -0.25) is 9.59 Å². The molecule has 0 bridgehead atoms. The molecule has 0 N–H and O–H groups in total. The minimum absolute atomic E-state index is 0.0433. The molecule has 2 rings (SSSR count). The van der Waals surface area contributed by atoms with Crippen LogP contribution in [0.4, 0.5) is 0 Å². The monoisotopic (exact) mass is 346 g/mol. The molecule has 1 aromatic rings. The number of methoxy groups -OCH3 is 1. The van der Waals surface area contributed by atoms with Crippen LogP contribution in [-0.2, 0) is 9.59 Å². The molecule has 25 heavy (non-hydrogen) atoms. The van der Waals surface area contributed by atoms with Crippen LogP contribution in [0.5, 0.6) is 11.5 Å². The summed E-state index contributed by atoms with van der Waals surface area (Å²) < 4.78 is 10.8. The molecule has 6 heteroatoms. The smallest absolute Gasteiger partial charge is 0.246 e. The van der Waals surface area contributed by atoms with E-state index in [1.807, 2.05) is 25.1 Å². The van der Waals surface area contributed by atoms with Gasteiger partial charge in [-0.1, -0.05) is 6.07 Å².